The quantitative estimate of drug-likeness (QED) is 0.542. The molecular weight excluding hydrogens is 372 g/mol. The highest BCUT2D eigenvalue weighted by atomic mass is 16.5. The third kappa shape index (κ3) is 4.66. The Balaban J connectivity index is 1.80. The Morgan fingerprint density at radius 3 is 2.28 bits per heavy atom. The fraction of sp³-hybridized carbons (Fsp3) is 0.545. The summed E-state index contributed by atoms with van der Waals surface area (Å²) < 4.78 is 4.95. The number of imide groups is 1. The number of benzene rings is 1. The lowest BCUT2D eigenvalue weighted by Gasteiger charge is -2.30. The van der Waals surface area contributed by atoms with Crippen LogP contribution in [0.15, 0.2) is 24.3 Å². The lowest BCUT2D eigenvalue weighted by molar-refractivity contribution is -0.140. The number of nitrogens with zero attached hydrogens (tertiary/aromatic N) is 2. The van der Waals surface area contributed by atoms with E-state index in [1.165, 1.54) is 12.1 Å². The van der Waals surface area contributed by atoms with Crippen molar-refractivity contribution in [2.45, 2.75) is 65.5 Å². The van der Waals surface area contributed by atoms with E-state index >= 15 is 0 Å². The highest BCUT2D eigenvalue weighted by Gasteiger charge is 2.48. The van der Waals surface area contributed by atoms with Gasteiger partial charge in [-0.25, -0.2) is 9.69 Å². The minimum absolute atomic E-state index is 0.00908. The summed E-state index contributed by atoms with van der Waals surface area (Å²) in [6.45, 7) is 7.94. The van der Waals surface area contributed by atoms with Gasteiger partial charge in [0.15, 0.2) is 0 Å². The van der Waals surface area contributed by atoms with E-state index < -0.39 is 12.0 Å². The predicted octanol–water partition coefficient (Wildman–Crippen LogP) is 2.92. The van der Waals surface area contributed by atoms with Gasteiger partial charge in [-0.2, -0.15) is 0 Å². The summed E-state index contributed by atoms with van der Waals surface area (Å²) >= 11 is 0. The van der Waals surface area contributed by atoms with Crippen LogP contribution >= 0.6 is 0 Å². The molecule has 1 aromatic rings. The Kier molecular flexibility index (Phi) is 5.78. The number of rotatable bonds is 6. The zero-order chi connectivity index (χ0) is 21.3. The van der Waals surface area contributed by atoms with Crippen molar-refractivity contribution in [1.29, 1.82) is 0 Å². The van der Waals surface area contributed by atoms with E-state index in [1.54, 1.807) is 24.0 Å². The Morgan fingerprint density at radius 2 is 1.76 bits per heavy atom. The number of carbonyl (C=O) groups is 4. The van der Waals surface area contributed by atoms with Crippen LogP contribution in [0.5, 0.6) is 0 Å². The second kappa shape index (κ2) is 7.97. The van der Waals surface area contributed by atoms with Crippen molar-refractivity contribution in [3.05, 3.63) is 29.8 Å². The smallest absolute Gasteiger partial charge is 0.338 e. The summed E-state index contributed by atoms with van der Waals surface area (Å²) in [5.74, 6) is -1.25. The Bertz CT molecular complexity index is 821. The normalized spacial score (nSPS) is 19.4. The van der Waals surface area contributed by atoms with Gasteiger partial charge >= 0.3 is 5.97 Å². The summed E-state index contributed by atoms with van der Waals surface area (Å²) in [4.78, 5) is 53.2. The van der Waals surface area contributed by atoms with Gasteiger partial charge < -0.3 is 9.64 Å². The van der Waals surface area contributed by atoms with Gasteiger partial charge in [-0.1, -0.05) is 20.8 Å². The number of carbonyl (C=O) groups excluding carboxylic acids is 4. The lowest BCUT2D eigenvalue weighted by Crippen LogP contribution is -2.47. The number of ether oxygens (including phenoxy) is 1. The first-order chi connectivity index (χ1) is 13.6. The van der Waals surface area contributed by atoms with Crippen molar-refractivity contribution in [3.8, 4) is 0 Å². The maximum absolute atomic E-state index is 13.1. The summed E-state index contributed by atoms with van der Waals surface area (Å²) in [7, 11) is 0. The van der Waals surface area contributed by atoms with Crippen LogP contribution < -0.4 is 4.90 Å². The Hall–Kier alpha value is -2.70. The highest BCUT2D eigenvalue weighted by Crippen LogP contribution is 2.36. The second-order valence-corrected chi connectivity index (χ2v) is 8.82. The first-order valence-corrected chi connectivity index (χ1v) is 10.1. The minimum atomic E-state index is -0.755. The number of hydrogen-bond donors (Lipinski definition) is 0. The maximum Gasteiger partial charge on any atom is 0.338 e. The van der Waals surface area contributed by atoms with E-state index in [0.717, 1.165) is 17.7 Å². The van der Waals surface area contributed by atoms with Crippen LogP contribution in [0.1, 0.15) is 63.7 Å². The molecule has 7 nitrogen and oxygen atoms in total. The van der Waals surface area contributed by atoms with Crippen molar-refractivity contribution in [2.75, 3.05) is 11.5 Å². The molecule has 3 rings (SSSR count). The predicted molar refractivity (Wildman–Crippen MR) is 107 cm³/mol. The molecular formula is C22H28N2O5. The SMILES string of the molecule is CCOC(=O)c1ccc(N2C(=O)CC(N(C(=O)CC(C)(C)C)C3CC3)C2=O)cc1. The number of hydrogen-bond acceptors (Lipinski definition) is 5. The third-order valence-electron chi connectivity index (χ3n) is 5.01. The van der Waals surface area contributed by atoms with Crippen molar-refractivity contribution in [3.63, 3.8) is 0 Å². The van der Waals surface area contributed by atoms with Gasteiger partial charge in [0.1, 0.15) is 6.04 Å². The van der Waals surface area contributed by atoms with Crippen LogP contribution in [-0.2, 0) is 19.1 Å². The van der Waals surface area contributed by atoms with Crippen LogP contribution in [0.4, 0.5) is 5.69 Å². The molecule has 1 heterocycles. The minimum Gasteiger partial charge on any atom is -0.462 e. The molecule has 0 N–H and O–H groups in total. The first-order valence-electron chi connectivity index (χ1n) is 10.1. The molecule has 1 saturated carbocycles. The summed E-state index contributed by atoms with van der Waals surface area (Å²) in [6.07, 6.45) is 2.05. The lowest BCUT2D eigenvalue weighted by atomic mass is 9.91. The molecule has 1 aliphatic heterocycles. The molecule has 3 amide bonds. The average Bonchev–Trinajstić information content (AvgIpc) is 3.40. The zero-order valence-electron chi connectivity index (χ0n) is 17.4. The molecule has 0 aromatic heterocycles. The van der Waals surface area contributed by atoms with Crippen LogP contribution in [0.3, 0.4) is 0 Å². The van der Waals surface area contributed by atoms with E-state index in [-0.39, 0.29) is 42.2 Å². The van der Waals surface area contributed by atoms with Gasteiger partial charge in [0.2, 0.25) is 11.8 Å². The van der Waals surface area contributed by atoms with Crippen LogP contribution in [0.25, 0.3) is 0 Å². The largest absolute Gasteiger partial charge is 0.462 e. The maximum atomic E-state index is 13.1. The standard InChI is InChI=1S/C22H28N2O5/c1-5-29-21(28)14-6-8-16(9-7-14)24-18(25)12-17(20(24)27)23(15-10-11-15)19(26)13-22(2,3)4/h6-9,15,17H,5,10-13H2,1-4H3. The summed E-state index contributed by atoms with van der Waals surface area (Å²) in [6, 6.07) is 5.47. The van der Waals surface area contributed by atoms with E-state index in [2.05, 4.69) is 0 Å². The second-order valence-electron chi connectivity index (χ2n) is 8.82. The molecule has 2 aliphatic rings. The molecule has 0 bridgehead atoms. The van der Waals surface area contributed by atoms with Gasteiger partial charge in [-0.15, -0.1) is 0 Å². The van der Waals surface area contributed by atoms with Crippen molar-refractivity contribution < 1.29 is 23.9 Å². The highest BCUT2D eigenvalue weighted by molar-refractivity contribution is 6.23. The average molecular weight is 400 g/mol. The molecule has 7 heteroatoms. The van der Waals surface area contributed by atoms with Gasteiger partial charge in [-0.05, 0) is 49.4 Å². The molecule has 1 aliphatic carbocycles. The third-order valence-corrected chi connectivity index (χ3v) is 5.01. The van der Waals surface area contributed by atoms with Gasteiger partial charge in [0, 0.05) is 12.5 Å². The molecule has 2 fully saturated rings. The molecule has 156 valence electrons. The van der Waals surface area contributed by atoms with Gasteiger partial charge in [-0.3, -0.25) is 14.4 Å². The van der Waals surface area contributed by atoms with E-state index in [9.17, 15) is 19.2 Å². The van der Waals surface area contributed by atoms with E-state index in [4.69, 9.17) is 4.74 Å². The van der Waals surface area contributed by atoms with Crippen molar-refractivity contribution in [1.82, 2.24) is 4.90 Å². The molecule has 1 saturated heterocycles. The molecule has 1 unspecified atom stereocenters. The Labute approximate surface area is 171 Å². The number of amides is 3. The van der Waals surface area contributed by atoms with Crippen LogP contribution in [-0.4, -0.2) is 47.3 Å². The molecule has 1 aromatic carbocycles. The van der Waals surface area contributed by atoms with Crippen molar-refractivity contribution in [2.24, 2.45) is 5.41 Å². The zero-order valence-corrected chi connectivity index (χ0v) is 17.4. The van der Waals surface area contributed by atoms with E-state index in [0.29, 0.717) is 17.7 Å². The first kappa shape index (κ1) is 21.0. The molecule has 0 spiro atoms. The molecule has 0 radical (unpaired) electrons. The van der Waals surface area contributed by atoms with Gasteiger partial charge in [0.25, 0.3) is 5.91 Å². The van der Waals surface area contributed by atoms with Gasteiger partial charge in [0.05, 0.1) is 24.3 Å². The summed E-state index contributed by atoms with van der Waals surface area (Å²) in [5.41, 5.74) is 0.555. The topological polar surface area (TPSA) is 84.0 Å². The van der Waals surface area contributed by atoms with E-state index in [1.807, 2.05) is 20.8 Å². The Morgan fingerprint density at radius 1 is 1.14 bits per heavy atom. The van der Waals surface area contributed by atoms with Crippen LogP contribution in [0, 0.1) is 5.41 Å². The summed E-state index contributed by atoms with van der Waals surface area (Å²) in [5, 5.41) is 0. The number of anilines is 1. The fourth-order valence-electron chi connectivity index (χ4n) is 3.60. The number of esters is 1. The molecule has 1 atom stereocenters. The van der Waals surface area contributed by atoms with Crippen LogP contribution in [0.2, 0.25) is 0 Å². The molecule has 29 heavy (non-hydrogen) atoms. The van der Waals surface area contributed by atoms with Crippen molar-refractivity contribution >= 4 is 29.4 Å². The monoisotopic (exact) mass is 400 g/mol. The fourth-order valence-corrected chi connectivity index (χ4v) is 3.60.